The van der Waals surface area contributed by atoms with Gasteiger partial charge in [-0.25, -0.2) is 4.68 Å². The van der Waals surface area contributed by atoms with Gasteiger partial charge < -0.3 is 14.8 Å². The summed E-state index contributed by atoms with van der Waals surface area (Å²) in [5.74, 6) is -0.104. The maximum absolute atomic E-state index is 12.9. The second-order valence-electron chi connectivity index (χ2n) is 7.87. The van der Waals surface area contributed by atoms with Gasteiger partial charge in [0.05, 0.1) is 6.20 Å². The van der Waals surface area contributed by atoms with Crippen LogP contribution in [0.5, 0.6) is 0 Å². The number of carbonyl (C=O) groups excluding carboxylic acids is 1. The first-order valence-corrected chi connectivity index (χ1v) is 10.6. The third-order valence-electron chi connectivity index (χ3n) is 5.95. The molecule has 1 fully saturated rings. The Morgan fingerprint density at radius 1 is 1.10 bits per heavy atom. The third kappa shape index (κ3) is 3.55. The van der Waals surface area contributed by atoms with Gasteiger partial charge in [-0.05, 0) is 30.7 Å². The predicted octanol–water partition coefficient (Wildman–Crippen LogP) is 3.19. The van der Waals surface area contributed by atoms with Crippen LogP contribution in [0.25, 0.3) is 21.8 Å². The van der Waals surface area contributed by atoms with Crippen LogP contribution in [0.1, 0.15) is 5.56 Å². The molecule has 1 saturated heterocycles. The number of halogens is 1. The summed E-state index contributed by atoms with van der Waals surface area (Å²) in [6, 6.07) is 13.6. The number of nitrogens with one attached hydrogen (secondary N) is 1. The molecule has 1 amide bonds. The molecule has 1 aliphatic heterocycles. The van der Waals surface area contributed by atoms with E-state index >= 15 is 0 Å². The lowest BCUT2D eigenvalue weighted by Gasteiger charge is -2.36. The molecule has 0 unspecified atom stereocenters. The second kappa shape index (κ2) is 7.74. The van der Waals surface area contributed by atoms with Crippen LogP contribution in [0.4, 0.5) is 5.69 Å². The number of rotatable bonds is 3. The summed E-state index contributed by atoms with van der Waals surface area (Å²) in [4.78, 5) is 33.0. The standard InChI is InChI=1S/C23H22ClN5O2/c1-15-6-7-16(24)12-20(15)27-8-10-28(11-9-27)21(30)14-29-23(31)22-18(13-25-29)17-4-2-3-5-19(17)26-22/h2-7,12-13,26H,8-11,14H2,1H3. The van der Waals surface area contributed by atoms with Gasteiger partial charge in [-0.1, -0.05) is 35.9 Å². The Kier molecular flexibility index (Phi) is 4.90. The van der Waals surface area contributed by atoms with Crippen LogP contribution in [0.3, 0.4) is 0 Å². The fourth-order valence-corrected chi connectivity index (χ4v) is 4.40. The minimum Gasteiger partial charge on any atom is -0.368 e. The van der Waals surface area contributed by atoms with Crippen molar-refractivity contribution in [3.8, 4) is 0 Å². The number of nitrogens with zero attached hydrogens (tertiary/aromatic N) is 4. The van der Waals surface area contributed by atoms with Crippen molar-refractivity contribution in [1.82, 2.24) is 19.7 Å². The maximum atomic E-state index is 12.9. The third-order valence-corrected chi connectivity index (χ3v) is 6.19. The summed E-state index contributed by atoms with van der Waals surface area (Å²) in [5.41, 5.74) is 3.33. The minimum atomic E-state index is -0.282. The highest BCUT2D eigenvalue weighted by atomic mass is 35.5. The predicted molar refractivity (Wildman–Crippen MR) is 123 cm³/mol. The Balaban J connectivity index is 1.31. The van der Waals surface area contributed by atoms with E-state index in [1.807, 2.05) is 42.5 Å². The number of piperazine rings is 1. The first-order chi connectivity index (χ1) is 15.0. The molecule has 2 aromatic heterocycles. The number of carbonyl (C=O) groups is 1. The van der Waals surface area contributed by atoms with Gasteiger partial charge in [0.15, 0.2) is 0 Å². The van der Waals surface area contributed by atoms with Gasteiger partial charge in [-0.15, -0.1) is 0 Å². The van der Waals surface area contributed by atoms with Crippen molar-refractivity contribution in [2.45, 2.75) is 13.5 Å². The Bertz CT molecular complexity index is 1350. The van der Waals surface area contributed by atoms with Gasteiger partial charge in [-0.3, -0.25) is 9.59 Å². The van der Waals surface area contributed by atoms with Crippen LogP contribution in [-0.4, -0.2) is 51.8 Å². The molecular formula is C23H22ClN5O2. The largest absolute Gasteiger partial charge is 0.368 e. The SMILES string of the molecule is Cc1ccc(Cl)cc1N1CCN(C(=O)Cn2ncc3c([nH]c4ccccc43)c2=O)CC1. The van der Waals surface area contributed by atoms with E-state index in [4.69, 9.17) is 11.6 Å². The summed E-state index contributed by atoms with van der Waals surface area (Å²) >= 11 is 6.15. The van der Waals surface area contributed by atoms with Crippen molar-refractivity contribution >= 4 is 45.0 Å². The number of H-pyrrole nitrogens is 1. The molecule has 0 bridgehead atoms. The lowest BCUT2D eigenvalue weighted by atomic mass is 10.1. The molecule has 0 aliphatic carbocycles. The number of fused-ring (bicyclic) bond motifs is 3. The van der Waals surface area contributed by atoms with Crippen LogP contribution in [0, 0.1) is 6.92 Å². The molecule has 7 nitrogen and oxygen atoms in total. The van der Waals surface area contributed by atoms with Gasteiger partial charge in [0, 0.05) is 53.2 Å². The van der Waals surface area contributed by atoms with Gasteiger partial charge in [-0.2, -0.15) is 5.10 Å². The first kappa shape index (κ1) is 19.6. The first-order valence-electron chi connectivity index (χ1n) is 10.3. The zero-order valence-corrected chi connectivity index (χ0v) is 17.9. The van der Waals surface area contributed by atoms with Crippen LogP contribution in [-0.2, 0) is 11.3 Å². The van der Waals surface area contributed by atoms with Crippen molar-refractivity contribution in [1.29, 1.82) is 0 Å². The number of hydrogen-bond donors (Lipinski definition) is 1. The lowest BCUT2D eigenvalue weighted by molar-refractivity contribution is -0.132. The number of aromatic amines is 1. The normalized spacial score (nSPS) is 14.5. The van der Waals surface area contributed by atoms with Crippen molar-refractivity contribution in [3.05, 3.63) is 69.6 Å². The van der Waals surface area contributed by atoms with Gasteiger partial charge >= 0.3 is 0 Å². The van der Waals surface area contributed by atoms with Crippen molar-refractivity contribution in [2.24, 2.45) is 0 Å². The number of amides is 1. The number of benzene rings is 2. The highest BCUT2D eigenvalue weighted by Crippen LogP contribution is 2.25. The lowest BCUT2D eigenvalue weighted by Crippen LogP contribution is -2.50. The molecule has 5 rings (SSSR count). The number of aryl methyl sites for hydroxylation is 1. The molecule has 0 saturated carbocycles. The molecule has 0 spiro atoms. The average Bonchev–Trinajstić information content (AvgIpc) is 3.17. The zero-order chi connectivity index (χ0) is 21.5. The Labute approximate surface area is 183 Å². The van der Waals surface area contributed by atoms with Gasteiger partial charge in [0.25, 0.3) is 5.56 Å². The van der Waals surface area contributed by atoms with E-state index in [0.29, 0.717) is 23.6 Å². The molecule has 1 aliphatic rings. The van der Waals surface area contributed by atoms with Crippen LogP contribution in [0.15, 0.2) is 53.5 Å². The van der Waals surface area contributed by atoms with E-state index in [1.54, 1.807) is 11.1 Å². The topological polar surface area (TPSA) is 74.2 Å². The van der Waals surface area contributed by atoms with E-state index < -0.39 is 0 Å². The number of hydrogen-bond acceptors (Lipinski definition) is 4. The Morgan fingerprint density at radius 3 is 2.68 bits per heavy atom. The minimum absolute atomic E-state index is 0.0691. The molecule has 4 aromatic rings. The summed E-state index contributed by atoms with van der Waals surface area (Å²) in [6.45, 7) is 4.61. The van der Waals surface area contributed by atoms with Gasteiger partial charge in [0.2, 0.25) is 5.91 Å². The summed E-state index contributed by atoms with van der Waals surface area (Å²) < 4.78 is 1.24. The van der Waals surface area contributed by atoms with Crippen LogP contribution >= 0.6 is 11.6 Å². The Hall–Kier alpha value is -3.32. The summed E-state index contributed by atoms with van der Waals surface area (Å²) in [6.07, 6.45) is 1.66. The maximum Gasteiger partial charge on any atom is 0.291 e. The molecule has 158 valence electrons. The monoisotopic (exact) mass is 435 g/mol. The molecule has 1 N–H and O–H groups in total. The number of anilines is 1. The van der Waals surface area contributed by atoms with Crippen molar-refractivity contribution in [3.63, 3.8) is 0 Å². The number of aromatic nitrogens is 3. The Morgan fingerprint density at radius 2 is 1.87 bits per heavy atom. The van der Waals surface area contributed by atoms with E-state index in [-0.39, 0.29) is 18.0 Å². The van der Waals surface area contributed by atoms with E-state index in [0.717, 1.165) is 40.6 Å². The van der Waals surface area contributed by atoms with Gasteiger partial charge in [0.1, 0.15) is 12.1 Å². The molecule has 31 heavy (non-hydrogen) atoms. The second-order valence-corrected chi connectivity index (χ2v) is 8.30. The average molecular weight is 436 g/mol. The fourth-order valence-electron chi connectivity index (χ4n) is 4.24. The highest BCUT2D eigenvalue weighted by molar-refractivity contribution is 6.30. The highest BCUT2D eigenvalue weighted by Gasteiger charge is 2.23. The van der Waals surface area contributed by atoms with Crippen LogP contribution in [0.2, 0.25) is 5.02 Å². The fraction of sp³-hybridized carbons (Fsp3) is 0.261. The summed E-state index contributed by atoms with van der Waals surface area (Å²) in [5, 5.41) is 6.69. The summed E-state index contributed by atoms with van der Waals surface area (Å²) in [7, 11) is 0. The quantitative estimate of drug-likeness (QED) is 0.536. The van der Waals surface area contributed by atoms with E-state index in [9.17, 15) is 9.59 Å². The van der Waals surface area contributed by atoms with E-state index in [2.05, 4.69) is 21.9 Å². The molecule has 0 atom stereocenters. The number of para-hydroxylation sites is 1. The molecule has 2 aromatic carbocycles. The van der Waals surface area contributed by atoms with Crippen molar-refractivity contribution < 1.29 is 4.79 Å². The molecule has 3 heterocycles. The molecule has 0 radical (unpaired) electrons. The van der Waals surface area contributed by atoms with Crippen LogP contribution < -0.4 is 10.5 Å². The molecule has 8 heteroatoms. The molecular weight excluding hydrogens is 414 g/mol. The van der Waals surface area contributed by atoms with E-state index in [1.165, 1.54) is 4.68 Å². The van der Waals surface area contributed by atoms with Crippen molar-refractivity contribution in [2.75, 3.05) is 31.1 Å². The zero-order valence-electron chi connectivity index (χ0n) is 17.1. The smallest absolute Gasteiger partial charge is 0.291 e.